The Morgan fingerprint density at radius 1 is 1.47 bits per heavy atom. The highest BCUT2D eigenvalue weighted by atomic mass is 16.4. The van der Waals surface area contributed by atoms with Gasteiger partial charge in [0.2, 0.25) is 11.9 Å². The molecule has 7 nitrogen and oxygen atoms in total. The van der Waals surface area contributed by atoms with Crippen LogP contribution in [0.1, 0.15) is 26.7 Å². The Morgan fingerprint density at radius 2 is 2.12 bits per heavy atom. The van der Waals surface area contributed by atoms with E-state index in [2.05, 4.69) is 15.4 Å². The van der Waals surface area contributed by atoms with Crippen molar-refractivity contribution in [2.45, 2.75) is 26.7 Å². The summed E-state index contributed by atoms with van der Waals surface area (Å²) in [5.74, 6) is -0.838. The summed E-state index contributed by atoms with van der Waals surface area (Å²) < 4.78 is 1.43. The lowest BCUT2D eigenvalue weighted by Gasteiger charge is -2.21. The van der Waals surface area contributed by atoms with Gasteiger partial charge < -0.3 is 5.11 Å². The average molecular weight is 240 g/mol. The van der Waals surface area contributed by atoms with E-state index in [9.17, 15) is 9.59 Å². The van der Waals surface area contributed by atoms with Crippen molar-refractivity contribution in [1.82, 2.24) is 14.8 Å². The maximum atomic E-state index is 11.7. The lowest BCUT2D eigenvalue weighted by molar-refractivity contribution is -0.139. The van der Waals surface area contributed by atoms with Crippen LogP contribution < -0.4 is 5.32 Å². The summed E-state index contributed by atoms with van der Waals surface area (Å²) in [6.07, 6.45) is 1.39. The summed E-state index contributed by atoms with van der Waals surface area (Å²) in [7, 11) is 1.66. The average Bonchev–Trinajstić information content (AvgIpc) is 2.47. The highest BCUT2D eigenvalue weighted by Gasteiger charge is 2.25. The van der Waals surface area contributed by atoms with Gasteiger partial charge in [-0.05, 0) is 5.41 Å². The number of rotatable bonds is 5. The topological polar surface area (TPSA) is 97.1 Å². The molecule has 0 bridgehead atoms. The van der Waals surface area contributed by atoms with Crippen molar-refractivity contribution in [3.63, 3.8) is 0 Å². The molecule has 0 aliphatic heterocycles. The quantitative estimate of drug-likeness (QED) is 0.787. The Bertz CT molecular complexity index is 425. The number of aliphatic carboxylic acids is 1. The standard InChI is InChI=1S/C10H16N4O3/c1-10(2,5-8(16)17)4-7(15)13-9-11-6-12-14(9)3/h6H,4-5H2,1-3H3,(H,16,17)(H,11,12,13,15). The van der Waals surface area contributed by atoms with Crippen LogP contribution in [0.25, 0.3) is 0 Å². The molecule has 7 heteroatoms. The molecule has 17 heavy (non-hydrogen) atoms. The van der Waals surface area contributed by atoms with E-state index in [-0.39, 0.29) is 18.7 Å². The minimum atomic E-state index is -0.915. The third-order valence-electron chi connectivity index (χ3n) is 2.23. The predicted octanol–water partition coefficient (Wildman–Crippen LogP) is 0.645. The van der Waals surface area contributed by atoms with Gasteiger partial charge in [0.15, 0.2) is 0 Å². The zero-order chi connectivity index (χ0) is 13.1. The normalized spacial score (nSPS) is 11.2. The number of carbonyl (C=O) groups is 2. The molecule has 1 aromatic rings. The van der Waals surface area contributed by atoms with Gasteiger partial charge in [0.25, 0.3) is 0 Å². The molecule has 0 unspecified atom stereocenters. The highest BCUT2D eigenvalue weighted by Crippen LogP contribution is 2.25. The first-order chi connectivity index (χ1) is 7.80. The molecule has 1 amide bonds. The lowest BCUT2D eigenvalue weighted by Crippen LogP contribution is -2.25. The van der Waals surface area contributed by atoms with Crippen molar-refractivity contribution in [2.75, 3.05) is 5.32 Å². The second-order valence-corrected chi connectivity index (χ2v) is 4.67. The number of anilines is 1. The molecular formula is C10H16N4O3. The SMILES string of the molecule is Cn1ncnc1NC(=O)CC(C)(C)CC(=O)O. The second-order valence-electron chi connectivity index (χ2n) is 4.67. The fourth-order valence-electron chi connectivity index (χ4n) is 1.48. The van der Waals surface area contributed by atoms with Crippen LogP contribution in [0.5, 0.6) is 0 Å². The van der Waals surface area contributed by atoms with Crippen molar-refractivity contribution < 1.29 is 14.7 Å². The molecule has 0 saturated heterocycles. The fraction of sp³-hybridized carbons (Fsp3) is 0.600. The number of aryl methyl sites for hydroxylation is 1. The third-order valence-corrected chi connectivity index (χ3v) is 2.23. The Balaban J connectivity index is 2.55. The minimum Gasteiger partial charge on any atom is -0.481 e. The molecule has 0 aliphatic rings. The van der Waals surface area contributed by atoms with Crippen molar-refractivity contribution in [3.05, 3.63) is 6.33 Å². The van der Waals surface area contributed by atoms with Crippen LogP contribution in [0.2, 0.25) is 0 Å². The Morgan fingerprint density at radius 3 is 2.59 bits per heavy atom. The van der Waals surface area contributed by atoms with Gasteiger partial charge in [-0.3, -0.25) is 14.9 Å². The van der Waals surface area contributed by atoms with E-state index in [1.54, 1.807) is 20.9 Å². The van der Waals surface area contributed by atoms with Crippen LogP contribution in [0, 0.1) is 5.41 Å². The van der Waals surface area contributed by atoms with Crippen LogP contribution in [0.3, 0.4) is 0 Å². The van der Waals surface area contributed by atoms with Gasteiger partial charge in [0.1, 0.15) is 6.33 Å². The van der Waals surface area contributed by atoms with Crippen molar-refractivity contribution in [3.8, 4) is 0 Å². The first-order valence-electron chi connectivity index (χ1n) is 5.16. The van der Waals surface area contributed by atoms with E-state index in [4.69, 9.17) is 5.11 Å². The van der Waals surface area contributed by atoms with E-state index in [1.165, 1.54) is 11.0 Å². The molecule has 1 rings (SSSR count). The molecule has 0 fully saturated rings. The Hall–Kier alpha value is -1.92. The van der Waals surface area contributed by atoms with Gasteiger partial charge >= 0.3 is 5.97 Å². The number of carbonyl (C=O) groups excluding carboxylic acids is 1. The summed E-state index contributed by atoms with van der Waals surface area (Å²) in [5.41, 5.74) is -0.589. The zero-order valence-electron chi connectivity index (χ0n) is 10.1. The molecule has 2 N–H and O–H groups in total. The number of carboxylic acids is 1. The molecule has 0 aromatic carbocycles. The highest BCUT2D eigenvalue weighted by molar-refractivity contribution is 5.89. The minimum absolute atomic E-state index is 0.0563. The molecule has 0 atom stereocenters. The third kappa shape index (κ3) is 4.21. The van der Waals surface area contributed by atoms with Crippen molar-refractivity contribution in [2.24, 2.45) is 12.5 Å². The fourth-order valence-corrected chi connectivity index (χ4v) is 1.48. The molecule has 1 aromatic heterocycles. The molecule has 0 radical (unpaired) electrons. The van der Waals surface area contributed by atoms with Gasteiger partial charge in [-0.15, -0.1) is 0 Å². The largest absolute Gasteiger partial charge is 0.481 e. The maximum absolute atomic E-state index is 11.7. The summed E-state index contributed by atoms with van der Waals surface area (Å²) in [5, 5.41) is 15.1. The zero-order valence-corrected chi connectivity index (χ0v) is 10.1. The van der Waals surface area contributed by atoms with E-state index in [0.717, 1.165) is 0 Å². The van der Waals surface area contributed by atoms with Crippen LogP contribution in [-0.2, 0) is 16.6 Å². The molecule has 0 aliphatic carbocycles. The van der Waals surface area contributed by atoms with Crippen LogP contribution in [0.15, 0.2) is 6.33 Å². The first-order valence-corrected chi connectivity index (χ1v) is 5.16. The Labute approximate surface area is 98.8 Å². The predicted molar refractivity (Wildman–Crippen MR) is 60.3 cm³/mol. The number of hydrogen-bond donors (Lipinski definition) is 2. The second kappa shape index (κ2) is 4.94. The smallest absolute Gasteiger partial charge is 0.303 e. The van der Waals surface area contributed by atoms with Gasteiger partial charge in [-0.2, -0.15) is 10.1 Å². The lowest BCUT2D eigenvalue weighted by atomic mass is 9.85. The van der Waals surface area contributed by atoms with E-state index >= 15 is 0 Å². The van der Waals surface area contributed by atoms with Crippen LogP contribution in [-0.4, -0.2) is 31.7 Å². The first kappa shape index (κ1) is 13.1. The molecule has 94 valence electrons. The van der Waals surface area contributed by atoms with Crippen molar-refractivity contribution in [1.29, 1.82) is 0 Å². The number of nitrogens with one attached hydrogen (secondary N) is 1. The van der Waals surface area contributed by atoms with E-state index in [0.29, 0.717) is 5.95 Å². The van der Waals surface area contributed by atoms with Crippen LogP contribution >= 0.6 is 0 Å². The van der Waals surface area contributed by atoms with Gasteiger partial charge in [0, 0.05) is 13.5 Å². The number of carboxylic acid groups (broad SMARTS) is 1. The Kier molecular flexibility index (Phi) is 3.82. The summed E-state index contributed by atoms with van der Waals surface area (Å²) in [4.78, 5) is 26.1. The molecule has 0 saturated carbocycles. The van der Waals surface area contributed by atoms with E-state index < -0.39 is 11.4 Å². The van der Waals surface area contributed by atoms with E-state index in [1.807, 2.05) is 0 Å². The van der Waals surface area contributed by atoms with Gasteiger partial charge in [-0.25, -0.2) is 4.68 Å². The molecule has 0 spiro atoms. The number of nitrogens with zero attached hydrogens (tertiary/aromatic N) is 3. The van der Waals surface area contributed by atoms with Gasteiger partial charge in [0.05, 0.1) is 6.42 Å². The number of hydrogen-bond acceptors (Lipinski definition) is 4. The van der Waals surface area contributed by atoms with Crippen molar-refractivity contribution >= 4 is 17.8 Å². The summed E-state index contributed by atoms with van der Waals surface area (Å²) >= 11 is 0. The number of amides is 1. The monoisotopic (exact) mass is 240 g/mol. The summed E-state index contributed by atoms with van der Waals surface area (Å²) in [6.45, 7) is 3.47. The molecule has 1 heterocycles. The maximum Gasteiger partial charge on any atom is 0.303 e. The summed E-state index contributed by atoms with van der Waals surface area (Å²) in [6, 6.07) is 0. The number of aromatic nitrogens is 3. The van der Waals surface area contributed by atoms with Crippen LogP contribution in [0.4, 0.5) is 5.95 Å². The molecular weight excluding hydrogens is 224 g/mol. The van der Waals surface area contributed by atoms with Gasteiger partial charge in [-0.1, -0.05) is 13.8 Å².